The van der Waals surface area contributed by atoms with E-state index in [0.717, 1.165) is 34.5 Å². The number of anilines is 1. The molecular formula is C24H19Cl2N5O2. The molecule has 33 heavy (non-hydrogen) atoms. The standard InChI is InChI=1S/C24H19Cl2N5O2/c25-19-13-27-30(24(33)23(19)26)14-22(32)28-21-12-20(29-31(21)18-7-2-1-3-8-18)17-10-9-15-5-4-6-16(15)11-17/h1-3,7-13H,4-6,14H2,(H,28,32). The first kappa shape index (κ1) is 21.4. The van der Waals surface area contributed by atoms with E-state index in [0.29, 0.717) is 5.82 Å². The van der Waals surface area contributed by atoms with Gasteiger partial charge in [0.1, 0.15) is 17.4 Å². The number of hydrogen-bond acceptors (Lipinski definition) is 4. The Morgan fingerprint density at radius 3 is 2.64 bits per heavy atom. The minimum absolute atomic E-state index is 0.0412. The van der Waals surface area contributed by atoms with Crippen molar-refractivity contribution in [3.05, 3.63) is 92.3 Å². The van der Waals surface area contributed by atoms with E-state index < -0.39 is 11.5 Å². The number of para-hydroxylation sites is 1. The van der Waals surface area contributed by atoms with Crippen LogP contribution in [-0.2, 0) is 24.2 Å². The van der Waals surface area contributed by atoms with E-state index in [4.69, 9.17) is 28.3 Å². The van der Waals surface area contributed by atoms with E-state index in [-0.39, 0.29) is 16.6 Å². The van der Waals surface area contributed by atoms with Crippen LogP contribution in [0, 0.1) is 0 Å². The van der Waals surface area contributed by atoms with Gasteiger partial charge in [0.2, 0.25) is 5.91 Å². The topological polar surface area (TPSA) is 81.8 Å². The first-order chi connectivity index (χ1) is 16.0. The highest BCUT2D eigenvalue weighted by molar-refractivity contribution is 6.41. The number of halogens is 2. The van der Waals surface area contributed by atoms with Gasteiger partial charge in [0.15, 0.2) is 0 Å². The fourth-order valence-electron chi connectivity index (χ4n) is 3.98. The highest BCUT2D eigenvalue weighted by Gasteiger charge is 2.18. The van der Waals surface area contributed by atoms with Crippen LogP contribution in [-0.4, -0.2) is 25.5 Å². The van der Waals surface area contributed by atoms with Gasteiger partial charge in [0, 0.05) is 11.6 Å². The van der Waals surface area contributed by atoms with E-state index >= 15 is 0 Å². The average Bonchev–Trinajstić information content (AvgIpc) is 3.46. The molecule has 1 aliphatic rings. The summed E-state index contributed by atoms with van der Waals surface area (Å²) >= 11 is 11.7. The maximum Gasteiger partial charge on any atom is 0.287 e. The number of nitrogens with one attached hydrogen (secondary N) is 1. The summed E-state index contributed by atoms with van der Waals surface area (Å²) < 4.78 is 2.64. The largest absolute Gasteiger partial charge is 0.309 e. The summed E-state index contributed by atoms with van der Waals surface area (Å²) in [6.07, 6.45) is 4.58. The molecule has 5 rings (SSSR count). The number of rotatable bonds is 5. The molecule has 1 aliphatic carbocycles. The highest BCUT2D eigenvalue weighted by Crippen LogP contribution is 2.30. The van der Waals surface area contributed by atoms with Crippen molar-refractivity contribution in [2.24, 2.45) is 0 Å². The lowest BCUT2D eigenvalue weighted by Crippen LogP contribution is -2.30. The van der Waals surface area contributed by atoms with Crippen LogP contribution in [0.25, 0.3) is 16.9 Å². The normalized spacial score (nSPS) is 12.5. The highest BCUT2D eigenvalue weighted by atomic mass is 35.5. The molecule has 0 fully saturated rings. The van der Waals surface area contributed by atoms with Crippen molar-refractivity contribution in [2.75, 3.05) is 5.32 Å². The maximum absolute atomic E-state index is 12.8. The Balaban J connectivity index is 1.48. The molecule has 2 aromatic carbocycles. The number of carbonyl (C=O) groups excluding carboxylic acids is 1. The summed E-state index contributed by atoms with van der Waals surface area (Å²) in [5.41, 5.74) is 4.63. The minimum atomic E-state index is -0.630. The Bertz CT molecular complexity index is 1410. The van der Waals surface area contributed by atoms with Crippen molar-refractivity contribution in [1.29, 1.82) is 0 Å². The lowest BCUT2D eigenvalue weighted by molar-refractivity contribution is -0.117. The molecule has 7 nitrogen and oxygen atoms in total. The predicted octanol–water partition coefficient (Wildman–Crippen LogP) is 4.53. The monoisotopic (exact) mass is 479 g/mol. The Morgan fingerprint density at radius 2 is 1.82 bits per heavy atom. The molecule has 1 N–H and O–H groups in total. The van der Waals surface area contributed by atoms with Gasteiger partial charge >= 0.3 is 0 Å². The van der Waals surface area contributed by atoms with Crippen LogP contribution in [0.4, 0.5) is 5.82 Å². The van der Waals surface area contributed by atoms with Crippen molar-refractivity contribution < 1.29 is 4.79 Å². The van der Waals surface area contributed by atoms with Crippen LogP contribution in [0.15, 0.2) is 65.6 Å². The summed E-state index contributed by atoms with van der Waals surface area (Å²) in [5.74, 6) is 0.0374. The van der Waals surface area contributed by atoms with Gasteiger partial charge in [-0.25, -0.2) is 9.36 Å². The van der Waals surface area contributed by atoms with Gasteiger partial charge in [-0.05, 0) is 48.6 Å². The molecule has 2 aromatic heterocycles. The van der Waals surface area contributed by atoms with Crippen LogP contribution in [0.2, 0.25) is 10.0 Å². The molecule has 9 heteroatoms. The SMILES string of the molecule is O=C(Cn1ncc(Cl)c(Cl)c1=O)Nc1cc(-c2ccc3c(c2)CCC3)nn1-c1ccccc1. The van der Waals surface area contributed by atoms with Crippen molar-refractivity contribution in [3.8, 4) is 16.9 Å². The molecule has 0 saturated carbocycles. The number of aryl methyl sites for hydroxylation is 2. The van der Waals surface area contributed by atoms with Gasteiger partial charge in [0.25, 0.3) is 5.56 Å². The van der Waals surface area contributed by atoms with Gasteiger partial charge in [0.05, 0.1) is 22.6 Å². The molecule has 0 bridgehead atoms. The second-order valence-corrected chi connectivity index (χ2v) is 8.60. The van der Waals surface area contributed by atoms with Gasteiger partial charge in [-0.1, -0.05) is 53.5 Å². The number of aromatic nitrogens is 4. The lowest BCUT2D eigenvalue weighted by atomic mass is 10.0. The number of benzene rings is 2. The van der Waals surface area contributed by atoms with Crippen molar-refractivity contribution >= 4 is 34.9 Å². The molecule has 0 atom stereocenters. The van der Waals surface area contributed by atoms with Crippen molar-refractivity contribution in [1.82, 2.24) is 19.6 Å². The zero-order valence-electron chi connectivity index (χ0n) is 17.5. The quantitative estimate of drug-likeness (QED) is 0.455. The second-order valence-electron chi connectivity index (χ2n) is 7.82. The van der Waals surface area contributed by atoms with Gasteiger partial charge in [-0.3, -0.25) is 9.59 Å². The van der Waals surface area contributed by atoms with E-state index in [9.17, 15) is 9.59 Å². The van der Waals surface area contributed by atoms with Gasteiger partial charge in [-0.2, -0.15) is 10.2 Å². The van der Waals surface area contributed by atoms with Crippen LogP contribution in [0.3, 0.4) is 0 Å². The number of amides is 1. The Hall–Kier alpha value is -3.42. The fraction of sp³-hybridized carbons (Fsp3) is 0.167. The number of hydrogen-bond donors (Lipinski definition) is 1. The summed E-state index contributed by atoms with van der Waals surface area (Å²) in [4.78, 5) is 25.0. The summed E-state index contributed by atoms with van der Waals surface area (Å²) in [5, 5.41) is 11.4. The van der Waals surface area contributed by atoms with E-state index in [2.05, 4.69) is 28.6 Å². The lowest BCUT2D eigenvalue weighted by Gasteiger charge is -2.09. The van der Waals surface area contributed by atoms with Crippen molar-refractivity contribution in [3.63, 3.8) is 0 Å². The molecule has 0 unspecified atom stereocenters. The van der Waals surface area contributed by atoms with Gasteiger partial charge in [-0.15, -0.1) is 0 Å². The van der Waals surface area contributed by atoms with Crippen LogP contribution in [0.1, 0.15) is 17.5 Å². The van der Waals surface area contributed by atoms with Gasteiger partial charge < -0.3 is 5.32 Å². The summed E-state index contributed by atoms with van der Waals surface area (Å²) in [7, 11) is 0. The molecule has 0 spiro atoms. The smallest absolute Gasteiger partial charge is 0.287 e. The Labute approximate surface area is 199 Å². The maximum atomic E-state index is 12.8. The molecule has 4 aromatic rings. The molecule has 2 heterocycles. The first-order valence-electron chi connectivity index (χ1n) is 10.5. The number of carbonyl (C=O) groups is 1. The third kappa shape index (κ3) is 4.29. The summed E-state index contributed by atoms with van der Waals surface area (Å²) in [6.45, 7) is -0.316. The van der Waals surface area contributed by atoms with E-state index in [1.54, 1.807) is 4.68 Å². The molecule has 0 radical (unpaired) electrons. The second kappa shape index (κ2) is 8.84. The minimum Gasteiger partial charge on any atom is -0.309 e. The molecule has 0 saturated heterocycles. The number of fused-ring (bicyclic) bond motifs is 1. The molecule has 1 amide bonds. The van der Waals surface area contributed by atoms with E-state index in [1.807, 2.05) is 36.4 Å². The fourth-order valence-corrected chi connectivity index (χ4v) is 4.26. The van der Waals surface area contributed by atoms with Crippen LogP contribution < -0.4 is 10.9 Å². The first-order valence-corrected chi connectivity index (χ1v) is 11.2. The Kier molecular flexibility index (Phi) is 5.74. The number of nitrogens with zero attached hydrogens (tertiary/aromatic N) is 4. The molecular weight excluding hydrogens is 461 g/mol. The predicted molar refractivity (Wildman–Crippen MR) is 128 cm³/mol. The molecule has 166 valence electrons. The zero-order valence-corrected chi connectivity index (χ0v) is 19.0. The third-order valence-electron chi connectivity index (χ3n) is 5.61. The van der Waals surface area contributed by atoms with E-state index in [1.165, 1.54) is 23.7 Å². The van der Waals surface area contributed by atoms with Crippen LogP contribution in [0.5, 0.6) is 0 Å². The summed E-state index contributed by atoms with van der Waals surface area (Å²) in [6, 6.07) is 17.7. The van der Waals surface area contributed by atoms with Crippen molar-refractivity contribution in [2.45, 2.75) is 25.8 Å². The Morgan fingerprint density at radius 1 is 1.03 bits per heavy atom. The van der Waals surface area contributed by atoms with Crippen LogP contribution >= 0.6 is 23.2 Å². The zero-order chi connectivity index (χ0) is 22.9. The average molecular weight is 480 g/mol. The molecule has 0 aliphatic heterocycles. The third-order valence-corrected chi connectivity index (χ3v) is 6.36.